The van der Waals surface area contributed by atoms with E-state index in [9.17, 15) is 10.2 Å². The van der Waals surface area contributed by atoms with E-state index in [4.69, 9.17) is 5.73 Å². The maximum absolute atomic E-state index is 9.68. The number of halogens is 1. The first kappa shape index (κ1) is 11.5. The maximum atomic E-state index is 9.68. The van der Waals surface area contributed by atoms with Gasteiger partial charge >= 0.3 is 0 Å². The Kier molecular flexibility index (Phi) is 3.92. The molecule has 14 heavy (non-hydrogen) atoms. The molecule has 2 atom stereocenters. The first-order valence-electron chi connectivity index (χ1n) is 4.34. The Bertz CT molecular complexity index is 317. The first-order valence-corrected chi connectivity index (χ1v) is 5.46. The molecule has 0 saturated carbocycles. The summed E-state index contributed by atoms with van der Waals surface area (Å²) in [5.41, 5.74) is 7.92. The molecule has 4 heteroatoms. The zero-order chi connectivity index (χ0) is 10.7. The van der Waals surface area contributed by atoms with Crippen LogP contribution >= 0.6 is 15.9 Å². The van der Waals surface area contributed by atoms with E-state index in [0.29, 0.717) is 16.6 Å². The highest BCUT2D eigenvalue weighted by atomic mass is 79.9. The zero-order valence-electron chi connectivity index (χ0n) is 7.94. The molecule has 0 aliphatic carbocycles. The second kappa shape index (κ2) is 4.77. The molecule has 0 aliphatic heterocycles. The van der Waals surface area contributed by atoms with Gasteiger partial charge in [0.2, 0.25) is 0 Å². The van der Waals surface area contributed by atoms with Gasteiger partial charge in [0.25, 0.3) is 0 Å². The highest BCUT2D eigenvalue weighted by Crippen LogP contribution is 2.21. The van der Waals surface area contributed by atoms with Crippen molar-refractivity contribution >= 4 is 21.6 Å². The lowest BCUT2D eigenvalue weighted by atomic mass is 10.0. The largest absolute Gasteiger partial charge is 0.399 e. The summed E-state index contributed by atoms with van der Waals surface area (Å²) in [7, 11) is 0. The third-order valence-electron chi connectivity index (χ3n) is 2.16. The van der Waals surface area contributed by atoms with Gasteiger partial charge in [-0.15, -0.1) is 0 Å². The quantitative estimate of drug-likeness (QED) is 0.568. The molecule has 1 rings (SSSR count). The van der Waals surface area contributed by atoms with Crippen LogP contribution in [0.4, 0.5) is 5.69 Å². The first-order chi connectivity index (χ1) is 6.56. The Morgan fingerprint density at radius 3 is 2.57 bits per heavy atom. The van der Waals surface area contributed by atoms with Crippen molar-refractivity contribution in [3.05, 3.63) is 29.3 Å². The molecule has 0 heterocycles. The molecule has 0 bridgehead atoms. The third kappa shape index (κ3) is 2.47. The van der Waals surface area contributed by atoms with Crippen LogP contribution in [-0.2, 0) is 0 Å². The van der Waals surface area contributed by atoms with Gasteiger partial charge in [-0.05, 0) is 24.1 Å². The molecule has 0 aliphatic rings. The van der Waals surface area contributed by atoms with Crippen molar-refractivity contribution in [2.45, 2.75) is 19.1 Å². The standard InChI is InChI=1S/C10H14BrNO2/c1-6-4-7(2-3-8(6)12)10(14)9(13)5-11/h2-4,9-10,13-14H,5,12H2,1H3. The lowest BCUT2D eigenvalue weighted by Crippen LogP contribution is -2.19. The fourth-order valence-corrected chi connectivity index (χ4v) is 1.54. The van der Waals surface area contributed by atoms with Crippen molar-refractivity contribution in [3.8, 4) is 0 Å². The minimum atomic E-state index is -0.867. The number of rotatable bonds is 3. The average molecular weight is 260 g/mol. The lowest BCUT2D eigenvalue weighted by molar-refractivity contribution is 0.0342. The highest BCUT2D eigenvalue weighted by Gasteiger charge is 2.17. The summed E-state index contributed by atoms with van der Waals surface area (Å²) >= 11 is 3.11. The monoisotopic (exact) mass is 259 g/mol. The average Bonchev–Trinajstić information content (AvgIpc) is 2.20. The van der Waals surface area contributed by atoms with Gasteiger partial charge in [-0.3, -0.25) is 0 Å². The van der Waals surface area contributed by atoms with Crippen molar-refractivity contribution in [2.75, 3.05) is 11.1 Å². The van der Waals surface area contributed by atoms with Crippen LogP contribution in [-0.4, -0.2) is 21.6 Å². The summed E-state index contributed by atoms with van der Waals surface area (Å²) in [5.74, 6) is 0. The summed E-state index contributed by atoms with van der Waals surface area (Å²) in [5, 5.41) is 19.4. The van der Waals surface area contributed by atoms with Crippen LogP contribution in [0, 0.1) is 6.92 Å². The molecule has 0 aromatic heterocycles. The van der Waals surface area contributed by atoms with Crippen molar-refractivity contribution in [2.24, 2.45) is 0 Å². The van der Waals surface area contributed by atoms with Gasteiger partial charge in [-0.25, -0.2) is 0 Å². The van der Waals surface area contributed by atoms with Gasteiger partial charge < -0.3 is 15.9 Å². The van der Waals surface area contributed by atoms with Gasteiger partial charge in [-0.2, -0.15) is 0 Å². The van der Waals surface area contributed by atoms with Crippen LogP contribution < -0.4 is 5.73 Å². The minimum absolute atomic E-state index is 0.345. The van der Waals surface area contributed by atoms with Gasteiger partial charge in [-0.1, -0.05) is 28.1 Å². The molecule has 0 spiro atoms. The van der Waals surface area contributed by atoms with Crippen molar-refractivity contribution in [3.63, 3.8) is 0 Å². The Morgan fingerprint density at radius 1 is 1.43 bits per heavy atom. The summed E-state index contributed by atoms with van der Waals surface area (Å²) in [6.07, 6.45) is -1.66. The number of aryl methyl sites for hydroxylation is 1. The van der Waals surface area contributed by atoms with E-state index in [1.54, 1.807) is 18.2 Å². The van der Waals surface area contributed by atoms with Crippen molar-refractivity contribution in [1.82, 2.24) is 0 Å². The van der Waals surface area contributed by atoms with E-state index in [2.05, 4.69) is 15.9 Å². The topological polar surface area (TPSA) is 66.5 Å². The Hall–Kier alpha value is -0.580. The molecular weight excluding hydrogens is 246 g/mol. The van der Waals surface area contributed by atoms with Crippen molar-refractivity contribution < 1.29 is 10.2 Å². The Labute approximate surface area is 91.7 Å². The Morgan fingerprint density at radius 2 is 2.07 bits per heavy atom. The van der Waals surface area contributed by atoms with Gasteiger partial charge in [0.1, 0.15) is 6.10 Å². The van der Waals surface area contributed by atoms with Crippen LogP contribution in [0.2, 0.25) is 0 Å². The number of aliphatic hydroxyl groups excluding tert-OH is 2. The molecule has 2 unspecified atom stereocenters. The van der Waals surface area contributed by atoms with E-state index in [0.717, 1.165) is 5.56 Å². The summed E-state index contributed by atoms with van der Waals surface area (Å²) in [6, 6.07) is 5.24. The minimum Gasteiger partial charge on any atom is -0.399 e. The number of aliphatic hydroxyl groups is 2. The second-order valence-electron chi connectivity index (χ2n) is 3.28. The fourth-order valence-electron chi connectivity index (χ4n) is 1.19. The molecule has 1 aromatic rings. The van der Waals surface area contributed by atoms with Gasteiger partial charge in [0, 0.05) is 11.0 Å². The number of alkyl halides is 1. The summed E-state index contributed by atoms with van der Waals surface area (Å²) in [4.78, 5) is 0. The number of nitrogen functional groups attached to an aromatic ring is 1. The summed E-state index contributed by atoms with van der Waals surface area (Å²) in [6.45, 7) is 1.87. The normalized spacial score (nSPS) is 15.1. The van der Waals surface area contributed by atoms with Crippen LogP contribution in [0.15, 0.2) is 18.2 Å². The molecule has 0 radical (unpaired) electrons. The maximum Gasteiger partial charge on any atom is 0.106 e. The number of anilines is 1. The molecule has 1 aromatic carbocycles. The number of hydrogen-bond donors (Lipinski definition) is 3. The van der Waals surface area contributed by atoms with E-state index < -0.39 is 12.2 Å². The Balaban J connectivity index is 2.91. The molecule has 78 valence electrons. The molecule has 0 fully saturated rings. The highest BCUT2D eigenvalue weighted by molar-refractivity contribution is 9.09. The summed E-state index contributed by atoms with van der Waals surface area (Å²) < 4.78 is 0. The number of hydrogen-bond acceptors (Lipinski definition) is 3. The van der Waals surface area contributed by atoms with E-state index in [-0.39, 0.29) is 0 Å². The van der Waals surface area contributed by atoms with Gasteiger partial charge in [0.15, 0.2) is 0 Å². The van der Waals surface area contributed by atoms with Crippen LogP contribution in [0.5, 0.6) is 0 Å². The van der Waals surface area contributed by atoms with E-state index >= 15 is 0 Å². The molecular formula is C10H14BrNO2. The predicted octanol–water partition coefficient (Wildman–Crippen LogP) is 1.37. The SMILES string of the molecule is Cc1cc(C(O)C(O)CBr)ccc1N. The molecule has 3 nitrogen and oxygen atoms in total. The van der Waals surface area contributed by atoms with Crippen LogP contribution in [0.25, 0.3) is 0 Å². The lowest BCUT2D eigenvalue weighted by Gasteiger charge is -2.16. The predicted molar refractivity (Wildman–Crippen MR) is 60.4 cm³/mol. The zero-order valence-corrected chi connectivity index (χ0v) is 9.53. The number of benzene rings is 1. The number of nitrogens with two attached hydrogens (primary N) is 1. The fraction of sp³-hybridized carbons (Fsp3) is 0.400. The molecule has 0 amide bonds. The van der Waals surface area contributed by atoms with E-state index in [1.165, 1.54) is 0 Å². The third-order valence-corrected chi connectivity index (χ3v) is 2.82. The van der Waals surface area contributed by atoms with Crippen LogP contribution in [0.3, 0.4) is 0 Å². The van der Waals surface area contributed by atoms with Gasteiger partial charge in [0.05, 0.1) is 6.10 Å². The second-order valence-corrected chi connectivity index (χ2v) is 3.93. The van der Waals surface area contributed by atoms with Crippen LogP contribution in [0.1, 0.15) is 17.2 Å². The van der Waals surface area contributed by atoms with Crippen molar-refractivity contribution in [1.29, 1.82) is 0 Å². The smallest absolute Gasteiger partial charge is 0.106 e. The molecule has 0 saturated heterocycles. The van der Waals surface area contributed by atoms with E-state index in [1.807, 2.05) is 6.92 Å². The molecule has 4 N–H and O–H groups in total.